The zero-order valence-electron chi connectivity index (χ0n) is 13.4. The average molecular weight is 364 g/mol. The van der Waals surface area contributed by atoms with Crippen LogP contribution in [0, 0.1) is 5.82 Å². The van der Waals surface area contributed by atoms with E-state index in [1.54, 1.807) is 12.1 Å². The average Bonchev–Trinajstić information content (AvgIpc) is 3.05. The van der Waals surface area contributed by atoms with E-state index in [2.05, 4.69) is 0 Å². The molecule has 8 heteroatoms. The SMILES string of the molecule is NC(=O)[C@H]1CCCCN1C(=O)COC(=O)c1cc2c(F)cccc2s1. The number of piperidine rings is 1. The molecule has 2 amide bonds. The van der Waals surface area contributed by atoms with E-state index in [1.165, 1.54) is 17.0 Å². The van der Waals surface area contributed by atoms with Gasteiger partial charge in [0.2, 0.25) is 5.91 Å². The Morgan fingerprint density at radius 2 is 2.12 bits per heavy atom. The highest BCUT2D eigenvalue weighted by molar-refractivity contribution is 7.20. The molecule has 1 atom stereocenters. The molecule has 2 aromatic rings. The van der Waals surface area contributed by atoms with Gasteiger partial charge in [-0.25, -0.2) is 9.18 Å². The number of hydrogen-bond acceptors (Lipinski definition) is 5. The lowest BCUT2D eigenvalue weighted by atomic mass is 10.0. The number of carbonyl (C=O) groups excluding carboxylic acids is 3. The maximum absolute atomic E-state index is 13.7. The molecule has 2 N–H and O–H groups in total. The van der Waals surface area contributed by atoms with E-state index >= 15 is 0 Å². The van der Waals surface area contributed by atoms with Crippen molar-refractivity contribution in [1.82, 2.24) is 4.90 Å². The number of rotatable bonds is 4. The zero-order valence-corrected chi connectivity index (χ0v) is 14.2. The van der Waals surface area contributed by atoms with Crippen LogP contribution in [0.2, 0.25) is 0 Å². The van der Waals surface area contributed by atoms with E-state index < -0.39 is 36.2 Å². The Bertz CT molecular complexity index is 835. The number of esters is 1. The molecule has 0 bridgehead atoms. The lowest BCUT2D eigenvalue weighted by Gasteiger charge is -2.33. The molecule has 2 heterocycles. The molecule has 0 radical (unpaired) electrons. The van der Waals surface area contributed by atoms with Crippen LogP contribution in [0.5, 0.6) is 0 Å². The minimum atomic E-state index is -0.693. The number of nitrogens with two attached hydrogens (primary N) is 1. The number of ether oxygens (including phenoxy) is 1. The number of carbonyl (C=O) groups is 3. The number of primary amides is 1. The van der Waals surface area contributed by atoms with Crippen molar-refractivity contribution in [2.45, 2.75) is 25.3 Å². The van der Waals surface area contributed by atoms with E-state index in [0.29, 0.717) is 23.1 Å². The molecule has 1 aromatic carbocycles. The van der Waals surface area contributed by atoms with Crippen molar-refractivity contribution < 1.29 is 23.5 Å². The first-order valence-electron chi connectivity index (χ1n) is 7.91. The Kier molecular flexibility index (Phi) is 4.98. The van der Waals surface area contributed by atoms with Crippen LogP contribution in [0.4, 0.5) is 4.39 Å². The van der Waals surface area contributed by atoms with Crippen molar-refractivity contribution in [2.75, 3.05) is 13.2 Å². The van der Waals surface area contributed by atoms with E-state index in [9.17, 15) is 18.8 Å². The van der Waals surface area contributed by atoms with Gasteiger partial charge in [-0.3, -0.25) is 9.59 Å². The highest BCUT2D eigenvalue weighted by atomic mass is 32.1. The van der Waals surface area contributed by atoms with Gasteiger partial charge in [-0.2, -0.15) is 0 Å². The number of fused-ring (bicyclic) bond motifs is 1. The van der Waals surface area contributed by atoms with Gasteiger partial charge in [0.05, 0.1) is 0 Å². The van der Waals surface area contributed by atoms with E-state index in [1.807, 2.05) is 0 Å². The summed E-state index contributed by atoms with van der Waals surface area (Å²) in [5.74, 6) is -2.12. The van der Waals surface area contributed by atoms with Gasteiger partial charge in [-0.1, -0.05) is 6.07 Å². The van der Waals surface area contributed by atoms with E-state index in [-0.39, 0.29) is 4.88 Å². The molecule has 0 saturated carbocycles. The summed E-state index contributed by atoms with van der Waals surface area (Å²) in [6.07, 6.45) is 2.12. The van der Waals surface area contributed by atoms with Crippen molar-refractivity contribution in [1.29, 1.82) is 0 Å². The topological polar surface area (TPSA) is 89.7 Å². The Morgan fingerprint density at radius 1 is 1.32 bits per heavy atom. The van der Waals surface area contributed by atoms with E-state index in [0.717, 1.165) is 24.2 Å². The molecule has 0 aliphatic carbocycles. The van der Waals surface area contributed by atoms with Gasteiger partial charge < -0.3 is 15.4 Å². The number of nitrogens with zero attached hydrogens (tertiary/aromatic N) is 1. The quantitative estimate of drug-likeness (QED) is 0.841. The highest BCUT2D eigenvalue weighted by Crippen LogP contribution is 2.28. The van der Waals surface area contributed by atoms with Crippen molar-refractivity contribution in [3.8, 4) is 0 Å². The summed E-state index contributed by atoms with van der Waals surface area (Å²) in [7, 11) is 0. The van der Waals surface area contributed by atoms with Crippen LogP contribution in [0.3, 0.4) is 0 Å². The van der Waals surface area contributed by atoms with Crippen molar-refractivity contribution in [2.24, 2.45) is 5.73 Å². The zero-order chi connectivity index (χ0) is 18.0. The Hall–Kier alpha value is -2.48. The molecule has 1 aliphatic heterocycles. The van der Waals surface area contributed by atoms with Crippen molar-refractivity contribution in [3.05, 3.63) is 35.0 Å². The smallest absolute Gasteiger partial charge is 0.348 e. The van der Waals surface area contributed by atoms with Crippen LogP contribution in [-0.2, 0) is 14.3 Å². The van der Waals surface area contributed by atoms with Crippen LogP contribution in [0.25, 0.3) is 10.1 Å². The summed E-state index contributed by atoms with van der Waals surface area (Å²) in [6.45, 7) is -0.0581. The van der Waals surface area contributed by atoms with Gasteiger partial charge in [0, 0.05) is 16.6 Å². The summed E-state index contributed by atoms with van der Waals surface area (Å²) in [4.78, 5) is 37.4. The van der Waals surface area contributed by atoms with Gasteiger partial charge in [0.1, 0.15) is 16.7 Å². The first-order valence-corrected chi connectivity index (χ1v) is 8.73. The van der Waals surface area contributed by atoms with Crippen molar-refractivity contribution in [3.63, 3.8) is 0 Å². The standard InChI is InChI=1S/C17H17FN2O4S/c18-11-4-3-6-13-10(11)8-14(25-13)17(23)24-9-15(21)20-7-2-1-5-12(20)16(19)22/h3-4,6,8,12H,1-2,5,7,9H2,(H2,19,22)/t12-/m1/s1. The Balaban J connectivity index is 1.65. The van der Waals surface area contributed by atoms with Crippen molar-refractivity contribution >= 4 is 39.2 Å². The van der Waals surface area contributed by atoms with Gasteiger partial charge in [0.25, 0.3) is 5.91 Å². The predicted octanol–water partition coefficient (Wildman–Crippen LogP) is 2.06. The summed E-state index contributed by atoms with van der Waals surface area (Å²) < 4.78 is 19.4. The van der Waals surface area contributed by atoms with Crippen LogP contribution < -0.4 is 5.73 Å². The van der Waals surface area contributed by atoms with Gasteiger partial charge in [-0.05, 0) is 37.5 Å². The van der Waals surface area contributed by atoms with Crippen LogP contribution in [0.15, 0.2) is 24.3 Å². The molecular formula is C17H17FN2O4S. The number of amides is 2. The third-order valence-electron chi connectivity index (χ3n) is 4.19. The second-order valence-electron chi connectivity index (χ2n) is 5.84. The summed E-state index contributed by atoms with van der Waals surface area (Å²) >= 11 is 1.10. The molecule has 1 fully saturated rings. The lowest BCUT2D eigenvalue weighted by Crippen LogP contribution is -2.51. The number of hydrogen-bond donors (Lipinski definition) is 1. The van der Waals surface area contributed by atoms with Gasteiger partial charge >= 0.3 is 5.97 Å². The van der Waals surface area contributed by atoms with Crippen LogP contribution in [-0.4, -0.2) is 41.9 Å². The number of likely N-dealkylation sites (tertiary alicyclic amines) is 1. The largest absolute Gasteiger partial charge is 0.451 e. The Morgan fingerprint density at radius 3 is 2.84 bits per heavy atom. The van der Waals surface area contributed by atoms with Gasteiger partial charge in [-0.15, -0.1) is 11.3 Å². The molecule has 3 rings (SSSR count). The molecule has 0 spiro atoms. The summed E-state index contributed by atoms with van der Waals surface area (Å²) in [6, 6.07) is 5.34. The normalized spacial score (nSPS) is 17.5. The molecule has 1 aromatic heterocycles. The fourth-order valence-electron chi connectivity index (χ4n) is 2.93. The second-order valence-corrected chi connectivity index (χ2v) is 6.92. The van der Waals surface area contributed by atoms with Gasteiger partial charge in [0.15, 0.2) is 6.61 Å². The Labute approximate surface area is 147 Å². The van der Waals surface area contributed by atoms with Crippen LogP contribution >= 0.6 is 11.3 Å². The minimum absolute atomic E-state index is 0.220. The number of benzene rings is 1. The third kappa shape index (κ3) is 3.63. The minimum Gasteiger partial charge on any atom is -0.451 e. The molecular weight excluding hydrogens is 347 g/mol. The molecule has 132 valence electrons. The first kappa shape index (κ1) is 17.3. The summed E-state index contributed by atoms with van der Waals surface area (Å²) in [5, 5.41) is 0.343. The fourth-order valence-corrected chi connectivity index (χ4v) is 3.90. The maximum atomic E-state index is 13.7. The maximum Gasteiger partial charge on any atom is 0.348 e. The van der Waals surface area contributed by atoms with E-state index in [4.69, 9.17) is 10.5 Å². The molecule has 0 unspecified atom stereocenters. The monoisotopic (exact) mass is 364 g/mol. The third-order valence-corrected chi connectivity index (χ3v) is 5.27. The number of thiophene rings is 1. The second kappa shape index (κ2) is 7.18. The predicted molar refractivity (Wildman–Crippen MR) is 90.6 cm³/mol. The lowest BCUT2D eigenvalue weighted by molar-refractivity contribution is -0.143. The molecule has 1 aliphatic rings. The molecule has 6 nitrogen and oxygen atoms in total. The highest BCUT2D eigenvalue weighted by Gasteiger charge is 2.31. The first-order chi connectivity index (χ1) is 12.0. The fraction of sp³-hybridized carbons (Fsp3) is 0.353. The summed E-state index contributed by atoms with van der Waals surface area (Å²) in [5.41, 5.74) is 5.33. The molecule has 1 saturated heterocycles. The molecule has 25 heavy (non-hydrogen) atoms. The van der Waals surface area contributed by atoms with Crippen LogP contribution in [0.1, 0.15) is 28.9 Å². The number of halogens is 1.